The lowest BCUT2D eigenvalue weighted by molar-refractivity contribution is 0.180. The highest BCUT2D eigenvalue weighted by atomic mass is 15.2. The summed E-state index contributed by atoms with van der Waals surface area (Å²) in [4.78, 5) is 2.50. The SMILES string of the molecule is CC(C)CNCC1CCCCN1C. The van der Waals surface area contributed by atoms with Crippen molar-refractivity contribution in [3.05, 3.63) is 0 Å². The van der Waals surface area contributed by atoms with Crippen LogP contribution in [0.15, 0.2) is 0 Å². The third kappa shape index (κ3) is 4.10. The van der Waals surface area contributed by atoms with E-state index in [-0.39, 0.29) is 0 Å². The van der Waals surface area contributed by atoms with Crippen LogP contribution in [0, 0.1) is 5.92 Å². The molecule has 0 saturated carbocycles. The number of likely N-dealkylation sites (tertiary alicyclic amines) is 1. The molecule has 0 spiro atoms. The van der Waals surface area contributed by atoms with Crippen molar-refractivity contribution in [1.82, 2.24) is 10.2 Å². The molecule has 2 heteroatoms. The average molecular weight is 184 g/mol. The van der Waals surface area contributed by atoms with E-state index in [1.54, 1.807) is 0 Å². The van der Waals surface area contributed by atoms with Gasteiger partial charge >= 0.3 is 0 Å². The Morgan fingerprint density at radius 3 is 2.77 bits per heavy atom. The molecule has 0 radical (unpaired) electrons. The summed E-state index contributed by atoms with van der Waals surface area (Å²) >= 11 is 0. The molecule has 0 amide bonds. The van der Waals surface area contributed by atoms with Gasteiger partial charge in [0.2, 0.25) is 0 Å². The van der Waals surface area contributed by atoms with Crippen LogP contribution in [0.2, 0.25) is 0 Å². The van der Waals surface area contributed by atoms with Gasteiger partial charge in [-0.3, -0.25) is 0 Å². The fourth-order valence-corrected chi connectivity index (χ4v) is 1.94. The molecular formula is C11H24N2. The second-order valence-corrected chi connectivity index (χ2v) is 4.68. The molecule has 13 heavy (non-hydrogen) atoms. The lowest BCUT2D eigenvalue weighted by Crippen LogP contribution is -2.43. The standard InChI is InChI=1S/C11H24N2/c1-10(2)8-12-9-11-6-4-5-7-13(11)3/h10-12H,4-9H2,1-3H3. The van der Waals surface area contributed by atoms with Crippen LogP contribution in [0.3, 0.4) is 0 Å². The zero-order chi connectivity index (χ0) is 9.68. The minimum atomic E-state index is 0.772. The molecule has 1 aliphatic heterocycles. The molecule has 1 fully saturated rings. The summed E-state index contributed by atoms with van der Waals surface area (Å²) in [6.07, 6.45) is 4.18. The summed E-state index contributed by atoms with van der Waals surface area (Å²) in [6.45, 7) is 8.14. The molecule has 1 atom stereocenters. The van der Waals surface area contributed by atoms with Gasteiger partial charge in [-0.15, -0.1) is 0 Å². The van der Waals surface area contributed by atoms with Crippen LogP contribution in [0.4, 0.5) is 0 Å². The predicted molar refractivity (Wildman–Crippen MR) is 58.0 cm³/mol. The minimum absolute atomic E-state index is 0.772. The number of hydrogen-bond donors (Lipinski definition) is 1. The first kappa shape index (κ1) is 11.0. The van der Waals surface area contributed by atoms with Gasteiger partial charge in [0.15, 0.2) is 0 Å². The molecular weight excluding hydrogens is 160 g/mol. The third-order valence-corrected chi connectivity index (χ3v) is 2.85. The summed E-state index contributed by atoms with van der Waals surface area (Å²) in [5.74, 6) is 0.772. The van der Waals surface area contributed by atoms with Crippen molar-refractivity contribution in [1.29, 1.82) is 0 Å². The molecule has 2 nitrogen and oxygen atoms in total. The van der Waals surface area contributed by atoms with Gasteiger partial charge in [-0.2, -0.15) is 0 Å². The van der Waals surface area contributed by atoms with Crippen molar-refractivity contribution in [2.75, 3.05) is 26.7 Å². The Balaban J connectivity index is 2.11. The number of likely N-dealkylation sites (N-methyl/N-ethyl adjacent to an activating group) is 1. The lowest BCUT2D eigenvalue weighted by atomic mass is 10.0. The van der Waals surface area contributed by atoms with E-state index in [9.17, 15) is 0 Å². The van der Waals surface area contributed by atoms with Gasteiger partial charge in [-0.05, 0) is 38.9 Å². The van der Waals surface area contributed by atoms with Crippen LogP contribution in [0.25, 0.3) is 0 Å². The number of rotatable bonds is 4. The first-order valence-electron chi connectivity index (χ1n) is 5.61. The van der Waals surface area contributed by atoms with Gasteiger partial charge in [-0.1, -0.05) is 20.3 Å². The van der Waals surface area contributed by atoms with Crippen molar-refractivity contribution in [3.63, 3.8) is 0 Å². The topological polar surface area (TPSA) is 15.3 Å². The maximum absolute atomic E-state index is 3.54. The van der Waals surface area contributed by atoms with Gasteiger partial charge in [0.25, 0.3) is 0 Å². The zero-order valence-electron chi connectivity index (χ0n) is 9.34. The van der Waals surface area contributed by atoms with Crippen molar-refractivity contribution in [3.8, 4) is 0 Å². The molecule has 0 aromatic heterocycles. The summed E-state index contributed by atoms with van der Waals surface area (Å²) in [5, 5.41) is 3.54. The highest BCUT2D eigenvalue weighted by Gasteiger charge is 2.17. The molecule has 1 heterocycles. The van der Waals surface area contributed by atoms with Gasteiger partial charge in [0.1, 0.15) is 0 Å². The molecule has 0 aromatic carbocycles. The first-order chi connectivity index (χ1) is 6.20. The van der Waals surface area contributed by atoms with E-state index in [0.29, 0.717) is 0 Å². The Bertz CT molecular complexity index is 134. The van der Waals surface area contributed by atoms with Crippen LogP contribution in [-0.4, -0.2) is 37.6 Å². The molecule has 1 saturated heterocycles. The van der Waals surface area contributed by atoms with E-state index in [2.05, 4.69) is 31.1 Å². The number of nitrogens with one attached hydrogen (secondary N) is 1. The molecule has 1 unspecified atom stereocenters. The molecule has 1 aliphatic rings. The number of piperidine rings is 1. The molecule has 0 aromatic rings. The third-order valence-electron chi connectivity index (χ3n) is 2.85. The Hall–Kier alpha value is -0.0800. The Labute approximate surface area is 82.7 Å². The van der Waals surface area contributed by atoms with Gasteiger partial charge < -0.3 is 10.2 Å². The first-order valence-corrected chi connectivity index (χ1v) is 5.61. The van der Waals surface area contributed by atoms with Gasteiger partial charge in [0.05, 0.1) is 0 Å². The predicted octanol–water partition coefficient (Wildman–Crippen LogP) is 1.72. The quantitative estimate of drug-likeness (QED) is 0.715. The monoisotopic (exact) mass is 184 g/mol. The number of nitrogens with zero attached hydrogens (tertiary/aromatic N) is 1. The van der Waals surface area contributed by atoms with Crippen LogP contribution < -0.4 is 5.32 Å². The lowest BCUT2D eigenvalue weighted by Gasteiger charge is -2.32. The maximum Gasteiger partial charge on any atom is 0.0217 e. The Morgan fingerprint density at radius 1 is 1.38 bits per heavy atom. The maximum atomic E-state index is 3.54. The summed E-state index contributed by atoms with van der Waals surface area (Å²) in [6, 6.07) is 0.785. The van der Waals surface area contributed by atoms with E-state index in [0.717, 1.165) is 18.5 Å². The van der Waals surface area contributed by atoms with E-state index in [1.165, 1.54) is 32.4 Å². The Kier molecular flexibility index (Phi) is 4.74. The fraction of sp³-hybridized carbons (Fsp3) is 1.00. The van der Waals surface area contributed by atoms with Crippen LogP contribution in [-0.2, 0) is 0 Å². The van der Waals surface area contributed by atoms with Gasteiger partial charge in [0, 0.05) is 12.6 Å². The highest BCUT2D eigenvalue weighted by Crippen LogP contribution is 2.13. The van der Waals surface area contributed by atoms with Crippen molar-refractivity contribution >= 4 is 0 Å². The Morgan fingerprint density at radius 2 is 2.15 bits per heavy atom. The molecule has 0 aliphatic carbocycles. The molecule has 1 N–H and O–H groups in total. The molecule has 1 rings (SSSR count). The second kappa shape index (κ2) is 5.61. The molecule has 78 valence electrons. The van der Waals surface area contributed by atoms with E-state index < -0.39 is 0 Å². The molecule has 0 bridgehead atoms. The summed E-state index contributed by atoms with van der Waals surface area (Å²) in [7, 11) is 2.25. The average Bonchev–Trinajstić information content (AvgIpc) is 2.08. The van der Waals surface area contributed by atoms with Crippen LogP contribution >= 0.6 is 0 Å². The summed E-state index contributed by atoms with van der Waals surface area (Å²) < 4.78 is 0. The normalized spacial score (nSPS) is 25.4. The van der Waals surface area contributed by atoms with Gasteiger partial charge in [-0.25, -0.2) is 0 Å². The number of hydrogen-bond acceptors (Lipinski definition) is 2. The fourth-order valence-electron chi connectivity index (χ4n) is 1.94. The van der Waals surface area contributed by atoms with Crippen molar-refractivity contribution in [2.24, 2.45) is 5.92 Å². The van der Waals surface area contributed by atoms with Crippen molar-refractivity contribution < 1.29 is 0 Å². The van der Waals surface area contributed by atoms with E-state index in [4.69, 9.17) is 0 Å². The van der Waals surface area contributed by atoms with E-state index in [1.807, 2.05) is 0 Å². The van der Waals surface area contributed by atoms with Crippen LogP contribution in [0.5, 0.6) is 0 Å². The van der Waals surface area contributed by atoms with E-state index >= 15 is 0 Å². The smallest absolute Gasteiger partial charge is 0.0217 e. The summed E-state index contributed by atoms with van der Waals surface area (Å²) in [5.41, 5.74) is 0. The van der Waals surface area contributed by atoms with Crippen LogP contribution in [0.1, 0.15) is 33.1 Å². The largest absolute Gasteiger partial charge is 0.315 e. The highest BCUT2D eigenvalue weighted by molar-refractivity contribution is 4.76. The minimum Gasteiger partial charge on any atom is -0.315 e. The zero-order valence-corrected chi connectivity index (χ0v) is 9.34. The second-order valence-electron chi connectivity index (χ2n) is 4.68. The van der Waals surface area contributed by atoms with Crippen molar-refractivity contribution in [2.45, 2.75) is 39.2 Å².